The molecule has 9 nitrogen and oxygen atoms in total. The number of hydrogen-bond acceptors (Lipinski definition) is 5. The number of aromatic nitrogens is 1. The largest absolute Gasteiger partial charge is 0.356 e. The van der Waals surface area contributed by atoms with Gasteiger partial charge in [-0.25, -0.2) is 9.78 Å². The third-order valence-electron chi connectivity index (χ3n) is 8.60. The second kappa shape index (κ2) is 13.6. The number of hydrogen-bond donors (Lipinski definition) is 2. The Hall–Kier alpha value is -3.62. The molecule has 0 radical (unpaired) electrons. The van der Waals surface area contributed by atoms with Crippen molar-refractivity contribution in [3.63, 3.8) is 0 Å². The topological polar surface area (TPSA) is 97.9 Å². The SMILES string of the molecule is O=C1NCCCCCCN(C(=O)NCCc2ccccc2)[C@H]2C[C@H](C(=O)N3CCN(c4ccccn4)CC3)C[C@@H]12. The Morgan fingerprint density at radius 1 is 0.900 bits per heavy atom. The fourth-order valence-corrected chi connectivity index (χ4v) is 6.38. The Bertz CT molecular complexity index is 1120. The van der Waals surface area contributed by atoms with Crippen LogP contribution in [0.2, 0.25) is 0 Å². The van der Waals surface area contributed by atoms with Crippen molar-refractivity contribution in [1.82, 2.24) is 25.4 Å². The van der Waals surface area contributed by atoms with Crippen LogP contribution < -0.4 is 15.5 Å². The highest BCUT2D eigenvalue weighted by atomic mass is 16.2. The summed E-state index contributed by atoms with van der Waals surface area (Å²) in [5, 5.41) is 6.21. The van der Waals surface area contributed by atoms with Gasteiger partial charge in [0.25, 0.3) is 0 Å². The molecule has 3 atom stereocenters. The zero-order valence-corrected chi connectivity index (χ0v) is 23.3. The molecule has 3 heterocycles. The Morgan fingerprint density at radius 3 is 2.45 bits per heavy atom. The summed E-state index contributed by atoms with van der Waals surface area (Å²) >= 11 is 0. The van der Waals surface area contributed by atoms with Crippen molar-refractivity contribution in [1.29, 1.82) is 0 Å². The molecule has 4 amide bonds. The first kappa shape index (κ1) is 27.9. The van der Waals surface area contributed by atoms with Gasteiger partial charge in [-0.05, 0) is 49.8 Å². The summed E-state index contributed by atoms with van der Waals surface area (Å²) in [5.41, 5.74) is 1.17. The van der Waals surface area contributed by atoms with E-state index in [2.05, 4.69) is 32.7 Å². The van der Waals surface area contributed by atoms with Crippen LogP contribution in [-0.4, -0.2) is 84.5 Å². The molecule has 3 aliphatic rings. The van der Waals surface area contributed by atoms with Crippen molar-refractivity contribution >= 4 is 23.7 Å². The van der Waals surface area contributed by atoms with Gasteiger partial charge in [0.05, 0.1) is 5.92 Å². The molecule has 1 aliphatic carbocycles. The maximum absolute atomic E-state index is 13.7. The van der Waals surface area contributed by atoms with Gasteiger partial charge in [0.15, 0.2) is 0 Å². The molecule has 2 saturated heterocycles. The number of carbonyl (C=O) groups is 3. The van der Waals surface area contributed by atoms with Crippen molar-refractivity contribution in [2.45, 2.75) is 51.0 Å². The number of amides is 4. The van der Waals surface area contributed by atoms with E-state index in [0.717, 1.165) is 51.0 Å². The van der Waals surface area contributed by atoms with Gasteiger partial charge in [-0.2, -0.15) is 0 Å². The Labute approximate surface area is 237 Å². The minimum atomic E-state index is -0.373. The highest BCUT2D eigenvalue weighted by Crippen LogP contribution is 2.37. The predicted molar refractivity (Wildman–Crippen MR) is 155 cm³/mol. The van der Waals surface area contributed by atoms with Crippen LogP contribution >= 0.6 is 0 Å². The molecule has 1 aromatic heterocycles. The zero-order valence-electron chi connectivity index (χ0n) is 23.3. The lowest BCUT2D eigenvalue weighted by Crippen LogP contribution is -2.51. The number of piperazine rings is 1. The number of pyridine rings is 1. The Morgan fingerprint density at radius 2 is 1.68 bits per heavy atom. The van der Waals surface area contributed by atoms with E-state index in [1.165, 1.54) is 5.56 Å². The molecular weight excluding hydrogens is 504 g/mol. The third kappa shape index (κ3) is 6.92. The van der Waals surface area contributed by atoms with Crippen LogP contribution in [0.5, 0.6) is 0 Å². The quantitative estimate of drug-likeness (QED) is 0.601. The van der Waals surface area contributed by atoms with E-state index in [9.17, 15) is 14.4 Å². The average molecular weight is 547 g/mol. The molecule has 0 spiro atoms. The zero-order chi connectivity index (χ0) is 27.7. The van der Waals surface area contributed by atoms with E-state index in [-0.39, 0.29) is 35.7 Å². The molecule has 40 heavy (non-hydrogen) atoms. The number of benzene rings is 1. The van der Waals surface area contributed by atoms with Crippen molar-refractivity contribution in [3.05, 3.63) is 60.3 Å². The van der Waals surface area contributed by atoms with Gasteiger partial charge < -0.3 is 25.3 Å². The van der Waals surface area contributed by atoms with Gasteiger partial charge in [-0.15, -0.1) is 0 Å². The molecule has 1 saturated carbocycles. The summed E-state index contributed by atoms with van der Waals surface area (Å²) in [5.74, 6) is 0.385. The standard InChI is InChI=1S/C31H42N6O3/c38-29-26-22-25(30(39)36-20-18-35(19-21-36)28-12-6-8-14-32-28)23-27(26)37(17-9-2-1-7-15-33-29)31(40)34-16-13-24-10-4-3-5-11-24/h3-6,8,10-12,14,25-27H,1-2,7,9,13,15-23H2,(H,33,38)(H,34,40)/t25-,26-,27+/m1/s1. The van der Waals surface area contributed by atoms with E-state index < -0.39 is 0 Å². The fraction of sp³-hybridized carbons (Fsp3) is 0.548. The maximum atomic E-state index is 13.7. The van der Waals surface area contributed by atoms with Crippen molar-refractivity contribution < 1.29 is 14.4 Å². The average Bonchev–Trinajstić information content (AvgIpc) is 3.43. The highest BCUT2D eigenvalue weighted by Gasteiger charge is 2.46. The molecule has 9 heteroatoms. The normalized spacial score (nSPS) is 24.1. The minimum absolute atomic E-state index is 0.0238. The number of nitrogens with zero attached hydrogens (tertiary/aromatic N) is 4. The number of rotatable bonds is 5. The summed E-state index contributed by atoms with van der Waals surface area (Å²) in [6.07, 6.45) is 7.45. The molecule has 2 aromatic rings. The number of anilines is 1. The summed E-state index contributed by atoms with van der Waals surface area (Å²) in [6.45, 7) is 4.53. The first-order chi connectivity index (χ1) is 19.6. The smallest absolute Gasteiger partial charge is 0.317 e. The van der Waals surface area contributed by atoms with Crippen LogP contribution in [0.4, 0.5) is 10.6 Å². The molecule has 3 fully saturated rings. The highest BCUT2D eigenvalue weighted by molar-refractivity contribution is 5.85. The Kier molecular flexibility index (Phi) is 9.52. The van der Waals surface area contributed by atoms with Gasteiger partial charge in [0.2, 0.25) is 11.8 Å². The van der Waals surface area contributed by atoms with Gasteiger partial charge in [-0.3, -0.25) is 9.59 Å². The lowest BCUT2D eigenvalue weighted by atomic mass is 10.00. The first-order valence-electron chi connectivity index (χ1n) is 14.9. The predicted octanol–water partition coefficient (Wildman–Crippen LogP) is 3.07. The van der Waals surface area contributed by atoms with Crippen LogP contribution in [0.15, 0.2) is 54.7 Å². The number of nitrogens with one attached hydrogen (secondary N) is 2. The molecular formula is C31H42N6O3. The van der Waals surface area contributed by atoms with E-state index in [1.807, 2.05) is 46.2 Å². The van der Waals surface area contributed by atoms with E-state index >= 15 is 0 Å². The molecule has 0 unspecified atom stereocenters. The maximum Gasteiger partial charge on any atom is 0.317 e. The third-order valence-corrected chi connectivity index (χ3v) is 8.60. The van der Waals surface area contributed by atoms with Crippen LogP contribution in [0.3, 0.4) is 0 Å². The fourth-order valence-electron chi connectivity index (χ4n) is 6.38. The molecule has 1 aromatic carbocycles. The van der Waals surface area contributed by atoms with Crippen LogP contribution in [0, 0.1) is 11.8 Å². The van der Waals surface area contributed by atoms with Crippen molar-refractivity contribution in [2.75, 3.05) is 50.7 Å². The van der Waals surface area contributed by atoms with Gasteiger partial charge in [0.1, 0.15) is 5.82 Å². The lowest BCUT2D eigenvalue weighted by molar-refractivity contribution is -0.135. The van der Waals surface area contributed by atoms with E-state index in [4.69, 9.17) is 0 Å². The van der Waals surface area contributed by atoms with Crippen LogP contribution in [-0.2, 0) is 16.0 Å². The van der Waals surface area contributed by atoms with Crippen LogP contribution in [0.1, 0.15) is 44.1 Å². The molecule has 2 aliphatic heterocycles. The second-order valence-corrected chi connectivity index (χ2v) is 11.2. The summed E-state index contributed by atoms with van der Waals surface area (Å²) in [6, 6.07) is 15.6. The minimum Gasteiger partial charge on any atom is -0.356 e. The molecule has 0 bridgehead atoms. The summed E-state index contributed by atoms with van der Waals surface area (Å²) < 4.78 is 0. The number of fused-ring (bicyclic) bond motifs is 1. The first-order valence-corrected chi connectivity index (χ1v) is 14.9. The van der Waals surface area contributed by atoms with Crippen LogP contribution in [0.25, 0.3) is 0 Å². The van der Waals surface area contributed by atoms with Gasteiger partial charge >= 0.3 is 6.03 Å². The second-order valence-electron chi connectivity index (χ2n) is 11.2. The van der Waals surface area contributed by atoms with Crippen molar-refractivity contribution in [3.8, 4) is 0 Å². The van der Waals surface area contributed by atoms with Gasteiger partial charge in [0, 0.05) is 64.0 Å². The lowest BCUT2D eigenvalue weighted by Gasteiger charge is -2.36. The molecule has 214 valence electrons. The molecule has 2 N–H and O–H groups in total. The van der Waals surface area contributed by atoms with E-state index in [1.54, 1.807) is 6.20 Å². The van der Waals surface area contributed by atoms with Gasteiger partial charge in [-0.1, -0.05) is 49.2 Å². The monoisotopic (exact) mass is 546 g/mol. The summed E-state index contributed by atoms with van der Waals surface area (Å²) in [7, 11) is 0. The molecule has 5 rings (SSSR count). The number of urea groups is 1. The van der Waals surface area contributed by atoms with E-state index in [0.29, 0.717) is 45.6 Å². The Balaban J connectivity index is 1.24. The summed E-state index contributed by atoms with van der Waals surface area (Å²) in [4.78, 5) is 51.0. The van der Waals surface area contributed by atoms with Crippen molar-refractivity contribution in [2.24, 2.45) is 11.8 Å². The number of carbonyl (C=O) groups excluding carboxylic acids is 3.